The van der Waals surface area contributed by atoms with E-state index in [9.17, 15) is 4.79 Å². The minimum absolute atomic E-state index is 0.285. The van der Waals surface area contributed by atoms with Crippen molar-refractivity contribution in [1.82, 2.24) is 19.7 Å². The lowest BCUT2D eigenvalue weighted by atomic mass is 10.2. The molecule has 7 nitrogen and oxygen atoms in total. The third-order valence-electron chi connectivity index (χ3n) is 4.21. The van der Waals surface area contributed by atoms with Crippen LogP contribution < -0.4 is 10.1 Å². The fraction of sp³-hybridized carbons (Fsp3) is 0.0476. The number of hydrogen-bond donors (Lipinski definition) is 1. The highest BCUT2D eigenvalue weighted by Crippen LogP contribution is 2.24. The molecule has 0 bridgehead atoms. The predicted octanol–water partition coefficient (Wildman–Crippen LogP) is 5.32. The highest BCUT2D eigenvalue weighted by Gasteiger charge is 2.11. The van der Waals surface area contributed by atoms with E-state index in [0.29, 0.717) is 33.7 Å². The van der Waals surface area contributed by atoms with Gasteiger partial charge in [0.25, 0.3) is 5.91 Å². The third kappa shape index (κ3) is 4.42. The highest BCUT2D eigenvalue weighted by molar-refractivity contribution is 6.37. The minimum Gasteiger partial charge on any atom is -0.438 e. The third-order valence-corrected chi connectivity index (χ3v) is 4.76. The van der Waals surface area contributed by atoms with Crippen molar-refractivity contribution in [2.45, 2.75) is 6.92 Å². The van der Waals surface area contributed by atoms with Gasteiger partial charge >= 0.3 is 0 Å². The molecule has 0 aliphatic heterocycles. The number of benzene rings is 2. The summed E-state index contributed by atoms with van der Waals surface area (Å²) in [4.78, 5) is 16.5. The number of halogens is 2. The minimum atomic E-state index is -0.332. The number of amides is 1. The molecule has 2 heterocycles. The molecule has 4 aromatic rings. The van der Waals surface area contributed by atoms with Crippen LogP contribution in [0.25, 0.3) is 5.82 Å². The van der Waals surface area contributed by atoms with E-state index < -0.39 is 0 Å². The molecule has 0 unspecified atom stereocenters. The number of carbonyl (C=O) groups is 1. The molecule has 2 aromatic heterocycles. The van der Waals surface area contributed by atoms with Crippen LogP contribution in [0.3, 0.4) is 0 Å². The number of aryl methyl sites for hydroxylation is 1. The first-order valence-corrected chi connectivity index (χ1v) is 9.63. The van der Waals surface area contributed by atoms with E-state index in [0.717, 1.165) is 5.82 Å². The second-order valence-corrected chi connectivity index (χ2v) is 7.12. The van der Waals surface area contributed by atoms with Crippen LogP contribution in [0.5, 0.6) is 11.6 Å². The predicted molar refractivity (Wildman–Crippen MR) is 115 cm³/mol. The van der Waals surface area contributed by atoms with E-state index in [1.807, 2.05) is 17.7 Å². The molecular weight excluding hydrogens is 425 g/mol. The Balaban J connectivity index is 1.41. The lowest BCUT2D eigenvalue weighted by Crippen LogP contribution is -2.12. The molecule has 0 aliphatic carbocycles. The Morgan fingerprint density at radius 2 is 1.83 bits per heavy atom. The van der Waals surface area contributed by atoms with Gasteiger partial charge in [-0.1, -0.05) is 23.2 Å². The second-order valence-electron chi connectivity index (χ2n) is 6.28. The fourth-order valence-electron chi connectivity index (χ4n) is 2.72. The zero-order valence-electron chi connectivity index (χ0n) is 15.7. The van der Waals surface area contributed by atoms with Gasteiger partial charge in [-0.15, -0.1) is 10.2 Å². The summed E-state index contributed by atoms with van der Waals surface area (Å²) < 4.78 is 7.53. The number of ether oxygens (including phenoxy) is 1. The van der Waals surface area contributed by atoms with Gasteiger partial charge in [0.15, 0.2) is 5.82 Å². The Morgan fingerprint density at radius 1 is 1.03 bits per heavy atom. The topological polar surface area (TPSA) is 81.9 Å². The number of anilines is 1. The van der Waals surface area contributed by atoms with Crippen molar-refractivity contribution in [1.29, 1.82) is 0 Å². The summed E-state index contributed by atoms with van der Waals surface area (Å²) in [7, 11) is 0. The zero-order valence-corrected chi connectivity index (χ0v) is 17.2. The van der Waals surface area contributed by atoms with Crippen LogP contribution in [0.4, 0.5) is 5.69 Å². The largest absolute Gasteiger partial charge is 0.438 e. The number of imidazole rings is 1. The molecule has 0 saturated heterocycles. The van der Waals surface area contributed by atoms with Gasteiger partial charge in [0.2, 0.25) is 5.88 Å². The standard InChI is InChI=1S/C21H15Cl2N5O2/c1-13-24-10-11-28(13)19-8-9-20(27-26-19)30-16-5-3-15(4-6-16)25-21(29)17-7-2-14(22)12-18(17)23/h2-12H,1H3,(H,25,29). The number of rotatable bonds is 5. The normalized spacial score (nSPS) is 10.6. The molecule has 0 saturated carbocycles. The summed E-state index contributed by atoms with van der Waals surface area (Å²) in [6.07, 6.45) is 3.51. The van der Waals surface area contributed by atoms with Crippen molar-refractivity contribution >= 4 is 34.8 Å². The molecule has 0 atom stereocenters. The first kappa shape index (κ1) is 19.9. The monoisotopic (exact) mass is 439 g/mol. The second kappa shape index (κ2) is 8.52. The molecule has 30 heavy (non-hydrogen) atoms. The summed E-state index contributed by atoms with van der Waals surface area (Å²) in [6, 6.07) is 15.1. The maximum absolute atomic E-state index is 12.4. The Labute approximate surface area is 182 Å². The molecule has 9 heteroatoms. The SMILES string of the molecule is Cc1nccn1-c1ccc(Oc2ccc(NC(=O)c3ccc(Cl)cc3Cl)cc2)nn1. The lowest BCUT2D eigenvalue weighted by molar-refractivity contribution is 0.102. The molecule has 4 rings (SSSR count). The highest BCUT2D eigenvalue weighted by atomic mass is 35.5. The number of carbonyl (C=O) groups excluding carboxylic acids is 1. The van der Waals surface area contributed by atoms with E-state index in [1.165, 1.54) is 6.07 Å². The average Bonchev–Trinajstić information content (AvgIpc) is 3.16. The Morgan fingerprint density at radius 3 is 2.47 bits per heavy atom. The number of hydrogen-bond acceptors (Lipinski definition) is 5. The number of nitrogens with zero attached hydrogens (tertiary/aromatic N) is 4. The quantitative estimate of drug-likeness (QED) is 0.454. The molecule has 2 aromatic carbocycles. The maximum Gasteiger partial charge on any atom is 0.257 e. The lowest BCUT2D eigenvalue weighted by Gasteiger charge is -2.09. The van der Waals surface area contributed by atoms with Crippen LogP contribution in [0, 0.1) is 6.92 Å². The van der Waals surface area contributed by atoms with Gasteiger partial charge in [-0.3, -0.25) is 9.36 Å². The summed E-state index contributed by atoms with van der Waals surface area (Å²) in [6.45, 7) is 1.88. The van der Waals surface area contributed by atoms with E-state index in [2.05, 4.69) is 20.5 Å². The van der Waals surface area contributed by atoms with Crippen LogP contribution in [0.15, 0.2) is 67.0 Å². The van der Waals surface area contributed by atoms with E-state index in [-0.39, 0.29) is 10.9 Å². The molecule has 1 amide bonds. The van der Waals surface area contributed by atoms with Crippen LogP contribution in [0.2, 0.25) is 10.0 Å². The van der Waals surface area contributed by atoms with Crippen LogP contribution in [0.1, 0.15) is 16.2 Å². The first-order valence-electron chi connectivity index (χ1n) is 8.88. The summed E-state index contributed by atoms with van der Waals surface area (Å²) >= 11 is 11.9. The van der Waals surface area contributed by atoms with Crippen LogP contribution in [-0.2, 0) is 0 Å². The smallest absolute Gasteiger partial charge is 0.257 e. The van der Waals surface area contributed by atoms with Gasteiger partial charge in [-0.2, -0.15) is 0 Å². The number of aromatic nitrogens is 4. The molecule has 0 radical (unpaired) electrons. The zero-order chi connectivity index (χ0) is 21.1. The van der Waals surface area contributed by atoms with Gasteiger partial charge in [0.05, 0.1) is 10.6 Å². The van der Waals surface area contributed by atoms with E-state index in [4.69, 9.17) is 27.9 Å². The summed E-state index contributed by atoms with van der Waals surface area (Å²) in [5.74, 6) is 2.04. The molecule has 0 aliphatic rings. The van der Waals surface area contributed by atoms with E-state index >= 15 is 0 Å². The van der Waals surface area contributed by atoms with Gasteiger partial charge in [0.1, 0.15) is 11.6 Å². The molecule has 1 N–H and O–H groups in total. The molecular formula is C21H15Cl2N5O2. The van der Waals surface area contributed by atoms with Gasteiger partial charge in [-0.05, 0) is 55.5 Å². The fourth-order valence-corrected chi connectivity index (χ4v) is 3.21. The van der Waals surface area contributed by atoms with Crippen molar-refractivity contribution in [3.05, 3.63) is 88.4 Å². The van der Waals surface area contributed by atoms with Gasteiger partial charge in [-0.25, -0.2) is 4.98 Å². The Kier molecular flexibility index (Phi) is 5.65. The van der Waals surface area contributed by atoms with Crippen molar-refractivity contribution in [2.75, 3.05) is 5.32 Å². The van der Waals surface area contributed by atoms with Crippen molar-refractivity contribution < 1.29 is 9.53 Å². The van der Waals surface area contributed by atoms with E-state index in [1.54, 1.807) is 54.7 Å². The Bertz CT molecular complexity index is 1190. The summed E-state index contributed by atoms with van der Waals surface area (Å²) in [5.41, 5.74) is 0.931. The number of nitrogens with one attached hydrogen (secondary N) is 1. The first-order chi connectivity index (χ1) is 14.5. The molecule has 150 valence electrons. The van der Waals surface area contributed by atoms with Crippen molar-refractivity contribution in [3.8, 4) is 17.4 Å². The molecule has 0 spiro atoms. The summed E-state index contributed by atoms with van der Waals surface area (Å²) in [5, 5.41) is 11.8. The molecule has 0 fully saturated rings. The van der Waals surface area contributed by atoms with Gasteiger partial charge < -0.3 is 10.1 Å². The van der Waals surface area contributed by atoms with Crippen LogP contribution in [-0.4, -0.2) is 25.7 Å². The van der Waals surface area contributed by atoms with Gasteiger partial charge in [0, 0.05) is 29.2 Å². The van der Waals surface area contributed by atoms with Crippen LogP contribution >= 0.6 is 23.2 Å². The maximum atomic E-state index is 12.4. The van der Waals surface area contributed by atoms with Crippen molar-refractivity contribution in [2.24, 2.45) is 0 Å². The van der Waals surface area contributed by atoms with Crippen molar-refractivity contribution in [3.63, 3.8) is 0 Å². The Hall–Kier alpha value is -3.42. The average molecular weight is 440 g/mol.